The van der Waals surface area contributed by atoms with E-state index in [1.807, 2.05) is 6.92 Å². The highest BCUT2D eigenvalue weighted by atomic mass is 32.2. The number of H-pyrrole nitrogens is 1. The predicted molar refractivity (Wildman–Crippen MR) is 137 cm³/mol. The summed E-state index contributed by atoms with van der Waals surface area (Å²) < 4.78 is 66.7. The van der Waals surface area contributed by atoms with Crippen molar-refractivity contribution in [1.29, 1.82) is 0 Å². The maximum absolute atomic E-state index is 13.3. The number of nitrogens with zero attached hydrogens (tertiary/aromatic N) is 5. The van der Waals surface area contributed by atoms with Crippen molar-refractivity contribution in [1.82, 2.24) is 24.2 Å². The van der Waals surface area contributed by atoms with Crippen molar-refractivity contribution in [3.05, 3.63) is 71.5 Å². The lowest BCUT2D eigenvalue weighted by molar-refractivity contribution is -0.137. The van der Waals surface area contributed by atoms with Crippen LogP contribution in [0.2, 0.25) is 0 Å². The summed E-state index contributed by atoms with van der Waals surface area (Å²) in [4.78, 5) is 18.9. The molecule has 4 rings (SSSR count). The summed E-state index contributed by atoms with van der Waals surface area (Å²) >= 11 is 0. The van der Waals surface area contributed by atoms with Crippen LogP contribution in [0.15, 0.2) is 53.8 Å². The average Bonchev–Trinajstić information content (AvgIpc) is 3.32. The Morgan fingerprint density at radius 2 is 1.82 bits per heavy atom. The Morgan fingerprint density at radius 3 is 2.42 bits per heavy atom. The minimum atomic E-state index is -4.58. The van der Waals surface area contributed by atoms with E-state index < -0.39 is 21.8 Å². The van der Waals surface area contributed by atoms with Crippen LogP contribution in [0.1, 0.15) is 37.9 Å². The molecule has 0 bridgehead atoms. The Morgan fingerprint density at radius 1 is 1.13 bits per heavy atom. The molecule has 0 aliphatic heterocycles. The lowest BCUT2D eigenvalue weighted by Gasteiger charge is -2.19. The zero-order valence-corrected chi connectivity index (χ0v) is 21.5. The minimum absolute atomic E-state index is 0.0625. The van der Waals surface area contributed by atoms with Crippen LogP contribution in [-0.4, -0.2) is 45.7 Å². The number of halogens is 3. The van der Waals surface area contributed by atoms with Gasteiger partial charge in [-0.05, 0) is 30.7 Å². The topological polar surface area (TPSA) is 108 Å². The Kier molecular flexibility index (Phi) is 7.39. The standard InChI is InChI=1S/C25H24F3N7O2S/c1-5-35(6-2)38(36,37)18-9-7-16(8-10-18)15(3)33-24-32-14-21(29-4)22(34-24)20-13-31-23-19(20)11-17(12-30-23)25(26,27)28/h7-15H,5-6H2,1-3H3,(H,30,31)(H,32,33,34). The van der Waals surface area contributed by atoms with Gasteiger partial charge in [0.2, 0.25) is 21.7 Å². The molecular weight excluding hydrogens is 519 g/mol. The number of aromatic amines is 1. The smallest absolute Gasteiger partial charge is 0.348 e. The van der Waals surface area contributed by atoms with E-state index in [0.29, 0.717) is 13.1 Å². The molecule has 4 aromatic rings. The van der Waals surface area contributed by atoms with E-state index in [0.717, 1.165) is 17.8 Å². The SMILES string of the molecule is [C-]#[N+]c1cnc(NC(C)c2ccc(S(=O)(=O)N(CC)CC)cc2)nc1-c1c[nH]c2ncc(C(F)(F)F)cc12. The number of anilines is 1. The number of hydrogen-bond donors (Lipinski definition) is 2. The number of alkyl halides is 3. The van der Waals surface area contributed by atoms with Gasteiger partial charge in [-0.3, -0.25) is 0 Å². The second-order valence-corrected chi connectivity index (χ2v) is 10.3. The maximum Gasteiger partial charge on any atom is 0.417 e. The molecule has 0 amide bonds. The molecule has 0 radical (unpaired) electrons. The maximum atomic E-state index is 13.3. The van der Waals surface area contributed by atoms with Gasteiger partial charge < -0.3 is 10.3 Å². The fraction of sp³-hybridized carbons (Fsp3) is 0.280. The highest BCUT2D eigenvalue weighted by Crippen LogP contribution is 2.37. The van der Waals surface area contributed by atoms with Gasteiger partial charge >= 0.3 is 6.18 Å². The molecule has 0 fully saturated rings. The van der Waals surface area contributed by atoms with E-state index in [1.165, 1.54) is 28.8 Å². The van der Waals surface area contributed by atoms with Crippen LogP contribution in [0.4, 0.5) is 24.8 Å². The van der Waals surface area contributed by atoms with Crippen LogP contribution in [0.25, 0.3) is 27.1 Å². The lowest BCUT2D eigenvalue weighted by atomic mass is 10.1. The molecule has 9 nitrogen and oxygen atoms in total. The zero-order valence-electron chi connectivity index (χ0n) is 20.7. The van der Waals surface area contributed by atoms with Crippen molar-refractivity contribution in [3.8, 4) is 11.3 Å². The minimum Gasteiger partial charge on any atom is -0.348 e. The van der Waals surface area contributed by atoms with Gasteiger partial charge in [0.15, 0.2) is 0 Å². The fourth-order valence-corrected chi connectivity index (χ4v) is 5.46. The Balaban J connectivity index is 1.64. The van der Waals surface area contributed by atoms with Crippen molar-refractivity contribution >= 4 is 32.7 Å². The lowest BCUT2D eigenvalue weighted by Crippen LogP contribution is -2.30. The van der Waals surface area contributed by atoms with Crippen LogP contribution >= 0.6 is 0 Å². The summed E-state index contributed by atoms with van der Waals surface area (Å²) in [5.41, 5.74) is 0.570. The molecule has 0 aliphatic rings. The Bertz CT molecular complexity index is 1610. The third-order valence-electron chi connectivity index (χ3n) is 6.07. The molecule has 1 unspecified atom stereocenters. The number of aromatic nitrogens is 4. The Labute approximate surface area is 217 Å². The molecule has 0 spiro atoms. The van der Waals surface area contributed by atoms with E-state index in [9.17, 15) is 21.6 Å². The van der Waals surface area contributed by atoms with Gasteiger partial charge in [-0.1, -0.05) is 26.0 Å². The highest BCUT2D eigenvalue weighted by Gasteiger charge is 2.32. The highest BCUT2D eigenvalue weighted by molar-refractivity contribution is 7.89. The zero-order chi connectivity index (χ0) is 27.7. The first-order valence-electron chi connectivity index (χ1n) is 11.6. The molecule has 2 N–H and O–H groups in total. The number of nitrogens with one attached hydrogen (secondary N) is 2. The van der Waals surface area contributed by atoms with Crippen molar-refractivity contribution in [3.63, 3.8) is 0 Å². The number of fused-ring (bicyclic) bond motifs is 1. The van der Waals surface area contributed by atoms with E-state index >= 15 is 0 Å². The molecule has 0 saturated heterocycles. The van der Waals surface area contributed by atoms with Crippen LogP contribution < -0.4 is 5.32 Å². The van der Waals surface area contributed by atoms with Gasteiger partial charge in [0.1, 0.15) is 5.65 Å². The molecule has 13 heteroatoms. The quantitative estimate of drug-likeness (QED) is 0.272. The number of sulfonamides is 1. The van der Waals surface area contributed by atoms with Gasteiger partial charge in [0.25, 0.3) is 0 Å². The monoisotopic (exact) mass is 543 g/mol. The van der Waals surface area contributed by atoms with Gasteiger partial charge in [0, 0.05) is 42.6 Å². The molecule has 1 aromatic carbocycles. The Hall–Kier alpha value is -4.02. The molecule has 1 atom stereocenters. The van der Waals surface area contributed by atoms with E-state index in [-0.39, 0.29) is 44.9 Å². The average molecular weight is 544 g/mol. The van der Waals surface area contributed by atoms with Gasteiger partial charge in [0.05, 0.1) is 28.8 Å². The predicted octanol–water partition coefficient (Wildman–Crippen LogP) is 5.79. The second-order valence-electron chi connectivity index (χ2n) is 8.38. The third kappa shape index (κ3) is 5.18. The van der Waals surface area contributed by atoms with E-state index in [2.05, 4.69) is 30.1 Å². The summed E-state index contributed by atoms with van der Waals surface area (Å²) in [6, 6.07) is 7.06. The first-order chi connectivity index (χ1) is 18.0. The first-order valence-corrected chi connectivity index (χ1v) is 13.1. The molecule has 38 heavy (non-hydrogen) atoms. The number of rotatable bonds is 8. The van der Waals surface area contributed by atoms with Crippen molar-refractivity contribution < 1.29 is 21.6 Å². The van der Waals surface area contributed by atoms with Crippen molar-refractivity contribution in [2.24, 2.45) is 0 Å². The van der Waals surface area contributed by atoms with E-state index in [4.69, 9.17) is 6.57 Å². The summed E-state index contributed by atoms with van der Waals surface area (Å²) in [6.07, 6.45) is -1.08. The van der Waals surface area contributed by atoms with Crippen LogP contribution in [-0.2, 0) is 16.2 Å². The van der Waals surface area contributed by atoms with E-state index in [1.54, 1.807) is 26.0 Å². The molecular formula is C25H24F3N7O2S. The van der Waals surface area contributed by atoms with Crippen molar-refractivity contribution in [2.45, 2.75) is 37.9 Å². The number of hydrogen-bond acceptors (Lipinski definition) is 6. The molecule has 198 valence electrons. The number of benzene rings is 1. The van der Waals surface area contributed by atoms with Crippen LogP contribution in [0, 0.1) is 6.57 Å². The summed E-state index contributed by atoms with van der Waals surface area (Å²) in [5, 5.41) is 3.28. The van der Waals surface area contributed by atoms with Crippen molar-refractivity contribution in [2.75, 3.05) is 18.4 Å². The number of pyridine rings is 1. The fourth-order valence-electron chi connectivity index (χ4n) is 4.00. The van der Waals surface area contributed by atoms with Crippen LogP contribution in [0.5, 0.6) is 0 Å². The molecule has 3 aromatic heterocycles. The summed E-state index contributed by atoms with van der Waals surface area (Å²) in [6.45, 7) is 13.6. The molecule has 3 heterocycles. The normalized spacial score (nSPS) is 13.0. The molecule has 0 aliphatic carbocycles. The third-order valence-corrected chi connectivity index (χ3v) is 8.14. The molecule has 0 saturated carbocycles. The summed E-state index contributed by atoms with van der Waals surface area (Å²) in [5.74, 6) is 0.147. The van der Waals surface area contributed by atoms with Gasteiger partial charge in [-0.2, -0.15) is 17.5 Å². The van der Waals surface area contributed by atoms with Crippen LogP contribution in [0.3, 0.4) is 0 Å². The van der Waals surface area contributed by atoms with Gasteiger partial charge in [-0.25, -0.2) is 28.2 Å². The largest absolute Gasteiger partial charge is 0.417 e. The summed E-state index contributed by atoms with van der Waals surface area (Å²) in [7, 11) is -3.59. The van der Waals surface area contributed by atoms with Gasteiger partial charge in [-0.15, -0.1) is 0 Å². The second kappa shape index (κ2) is 10.4. The first kappa shape index (κ1) is 27.0.